The second kappa shape index (κ2) is 5.55. The summed E-state index contributed by atoms with van der Waals surface area (Å²) >= 11 is 11.8. The van der Waals surface area contributed by atoms with Crippen LogP contribution in [0.5, 0.6) is 0 Å². The minimum Gasteiger partial charge on any atom is -0.379 e. The number of nitrogens with one attached hydrogen (secondary N) is 1. The Bertz CT molecular complexity index is 521. The normalized spacial score (nSPS) is 10.4. The third kappa shape index (κ3) is 3.12. The zero-order chi connectivity index (χ0) is 13.1. The van der Waals surface area contributed by atoms with Crippen LogP contribution < -0.4 is 5.32 Å². The second-order valence-corrected chi connectivity index (χ2v) is 4.56. The number of hydrogen-bond acceptors (Lipinski definition) is 1. The Labute approximate surface area is 113 Å². The largest absolute Gasteiger partial charge is 0.379 e. The molecular weight excluding hydrogens is 279 g/mol. The maximum Gasteiger partial charge on any atom is 0.149 e. The van der Waals surface area contributed by atoms with Crippen molar-refractivity contribution >= 4 is 28.9 Å². The predicted molar refractivity (Wildman–Crippen MR) is 70.1 cm³/mol. The molecule has 0 aliphatic heterocycles. The highest BCUT2D eigenvalue weighted by Gasteiger charge is 2.05. The van der Waals surface area contributed by atoms with Gasteiger partial charge in [0.15, 0.2) is 0 Å². The Morgan fingerprint density at radius 1 is 1.00 bits per heavy atom. The van der Waals surface area contributed by atoms with Crippen molar-refractivity contribution in [1.82, 2.24) is 0 Å². The van der Waals surface area contributed by atoms with Crippen LogP contribution in [0, 0.1) is 11.6 Å². The van der Waals surface area contributed by atoms with Crippen molar-refractivity contribution < 1.29 is 8.78 Å². The molecular formula is C13H9Cl2F2N. The summed E-state index contributed by atoms with van der Waals surface area (Å²) in [6.07, 6.45) is 0. The smallest absolute Gasteiger partial charge is 0.149 e. The van der Waals surface area contributed by atoms with Gasteiger partial charge in [0.1, 0.15) is 11.6 Å². The molecule has 0 amide bonds. The molecule has 0 aliphatic carbocycles. The third-order valence-corrected chi connectivity index (χ3v) is 3.00. The van der Waals surface area contributed by atoms with Crippen LogP contribution in [0.2, 0.25) is 10.0 Å². The van der Waals surface area contributed by atoms with E-state index in [-0.39, 0.29) is 5.69 Å². The molecule has 0 saturated heterocycles. The van der Waals surface area contributed by atoms with Crippen LogP contribution in [-0.4, -0.2) is 0 Å². The van der Waals surface area contributed by atoms with Gasteiger partial charge in [0, 0.05) is 22.7 Å². The van der Waals surface area contributed by atoms with E-state index < -0.39 is 11.6 Å². The maximum absolute atomic E-state index is 13.4. The Morgan fingerprint density at radius 3 is 2.44 bits per heavy atom. The fourth-order valence-electron chi connectivity index (χ4n) is 1.49. The van der Waals surface area contributed by atoms with E-state index in [1.54, 1.807) is 18.2 Å². The monoisotopic (exact) mass is 287 g/mol. The van der Waals surface area contributed by atoms with E-state index in [2.05, 4.69) is 5.32 Å². The van der Waals surface area contributed by atoms with Crippen molar-refractivity contribution in [3.05, 3.63) is 63.6 Å². The lowest BCUT2D eigenvalue weighted by Gasteiger charge is -2.09. The highest BCUT2D eigenvalue weighted by molar-refractivity contribution is 6.35. The minimum atomic E-state index is -0.639. The highest BCUT2D eigenvalue weighted by atomic mass is 35.5. The van der Waals surface area contributed by atoms with Crippen molar-refractivity contribution in [2.45, 2.75) is 6.54 Å². The zero-order valence-electron chi connectivity index (χ0n) is 9.18. The number of rotatable bonds is 3. The van der Waals surface area contributed by atoms with Gasteiger partial charge in [-0.1, -0.05) is 29.3 Å². The molecule has 0 heterocycles. The summed E-state index contributed by atoms with van der Waals surface area (Å²) < 4.78 is 26.1. The second-order valence-electron chi connectivity index (χ2n) is 3.71. The molecule has 2 aromatic rings. The first-order valence-electron chi connectivity index (χ1n) is 5.19. The zero-order valence-corrected chi connectivity index (χ0v) is 10.7. The molecule has 2 rings (SSSR count). The van der Waals surface area contributed by atoms with Crippen molar-refractivity contribution in [1.29, 1.82) is 0 Å². The molecule has 0 fully saturated rings. The van der Waals surface area contributed by atoms with E-state index in [1.165, 1.54) is 12.1 Å². The first kappa shape index (κ1) is 13.1. The molecule has 0 unspecified atom stereocenters. The van der Waals surface area contributed by atoms with E-state index in [1.807, 2.05) is 0 Å². The topological polar surface area (TPSA) is 12.0 Å². The molecule has 0 spiro atoms. The van der Waals surface area contributed by atoms with E-state index in [0.717, 1.165) is 11.6 Å². The molecule has 2 aromatic carbocycles. The van der Waals surface area contributed by atoms with Gasteiger partial charge in [-0.3, -0.25) is 0 Å². The molecule has 5 heteroatoms. The summed E-state index contributed by atoms with van der Waals surface area (Å²) in [4.78, 5) is 0. The first-order valence-corrected chi connectivity index (χ1v) is 5.95. The van der Waals surface area contributed by atoms with Crippen molar-refractivity contribution in [3.63, 3.8) is 0 Å². The fraction of sp³-hybridized carbons (Fsp3) is 0.0769. The number of halogens is 4. The summed E-state index contributed by atoms with van der Waals surface area (Å²) in [5, 5.41) is 3.88. The quantitative estimate of drug-likeness (QED) is 0.848. The number of anilines is 1. The molecule has 18 heavy (non-hydrogen) atoms. The Kier molecular flexibility index (Phi) is 4.04. The molecule has 0 saturated carbocycles. The molecule has 94 valence electrons. The van der Waals surface area contributed by atoms with Gasteiger partial charge in [0.05, 0.1) is 5.69 Å². The molecule has 1 nitrogen and oxygen atoms in total. The molecule has 0 bridgehead atoms. The Morgan fingerprint density at radius 2 is 1.78 bits per heavy atom. The third-order valence-electron chi connectivity index (χ3n) is 2.42. The van der Waals surface area contributed by atoms with Crippen LogP contribution in [0.1, 0.15) is 5.56 Å². The SMILES string of the molecule is Fc1ccc(NCc2ccc(Cl)cc2Cl)c(F)c1. The van der Waals surface area contributed by atoms with Gasteiger partial charge >= 0.3 is 0 Å². The van der Waals surface area contributed by atoms with Crippen LogP contribution in [-0.2, 0) is 6.54 Å². The predicted octanol–water partition coefficient (Wildman–Crippen LogP) is 4.88. The van der Waals surface area contributed by atoms with Crippen LogP contribution in [0.3, 0.4) is 0 Å². The number of hydrogen-bond donors (Lipinski definition) is 1. The van der Waals surface area contributed by atoms with Crippen LogP contribution in [0.4, 0.5) is 14.5 Å². The van der Waals surface area contributed by atoms with Gasteiger partial charge < -0.3 is 5.32 Å². The van der Waals surface area contributed by atoms with Gasteiger partial charge in [0.25, 0.3) is 0 Å². The van der Waals surface area contributed by atoms with Crippen molar-refractivity contribution in [2.24, 2.45) is 0 Å². The highest BCUT2D eigenvalue weighted by Crippen LogP contribution is 2.22. The van der Waals surface area contributed by atoms with Crippen molar-refractivity contribution in [2.75, 3.05) is 5.32 Å². The van der Waals surface area contributed by atoms with Crippen molar-refractivity contribution in [3.8, 4) is 0 Å². The summed E-state index contributed by atoms with van der Waals surface area (Å²) in [6.45, 7) is 0.332. The lowest BCUT2D eigenvalue weighted by Crippen LogP contribution is -2.02. The molecule has 0 atom stereocenters. The first-order chi connectivity index (χ1) is 8.56. The maximum atomic E-state index is 13.4. The van der Waals surface area contributed by atoms with E-state index in [9.17, 15) is 8.78 Å². The van der Waals surface area contributed by atoms with Gasteiger partial charge in [-0.15, -0.1) is 0 Å². The summed E-state index contributed by atoms with van der Waals surface area (Å²) in [5.74, 6) is -1.25. The number of benzene rings is 2. The molecule has 0 aromatic heterocycles. The van der Waals surface area contributed by atoms with Crippen LogP contribution >= 0.6 is 23.2 Å². The van der Waals surface area contributed by atoms with Gasteiger partial charge in [-0.2, -0.15) is 0 Å². The summed E-state index contributed by atoms with van der Waals surface area (Å²) in [5.41, 5.74) is 1.01. The molecule has 0 radical (unpaired) electrons. The van der Waals surface area contributed by atoms with Crippen LogP contribution in [0.15, 0.2) is 36.4 Å². The van der Waals surface area contributed by atoms with Gasteiger partial charge in [-0.05, 0) is 29.8 Å². The fourth-order valence-corrected chi connectivity index (χ4v) is 1.96. The van der Waals surface area contributed by atoms with Gasteiger partial charge in [-0.25, -0.2) is 8.78 Å². The average Bonchev–Trinajstić information content (AvgIpc) is 2.30. The Balaban J connectivity index is 2.11. The summed E-state index contributed by atoms with van der Waals surface area (Å²) in [7, 11) is 0. The van der Waals surface area contributed by atoms with E-state index in [0.29, 0.717) is 16.6 Å². The summed E-state index contributed by atoms with van der Waals surface area (Å²) in [6, 6.07) is 8.42. The van der Waals surface area contributed by atoms with Gasteiger partial charge in [0.2, 0.25) is 0 Å². The van der Waals surface area contributed by atoms with E-state index in [4.69, 9.17) is 23.2 Å². The van der Waals surface area contributed by atoms with E-state index >= 15 is 0 Å². The minimum absolute atomic E-state index is 0.224. The molecule has 1 N–H and O–H groups in total. The lowest BCUT2D eigenvalue weighted by atomic mass is 10.2. The lowest BCUT2D eigenvalue weighted by molar-refractivity contribution is 0.585. The Hall–Kier alpha value is -1.32. The standard InChI is InChI=1S/C13H9Cl2F2N/c14-9-2-1-8(11(15)5-9)7-18-13-4-3-10(16)6-12(13)17/h1-6,18H,7H2. The molecule has 0 aliphatic rings. The average molecular weight is 288 g/mol. The van der Waals surface area contributed by atoms with Crippen LogP contribution in [0.25, 0.3) is 0 Å².